The molecule has 4 heterocycles. The number of piperidine rings is 1. The Morgan fingerprint density at radius 3 is 2.25 bits per heavy atom. The van der Waals surface area contributed by atoms with Crippen LogP contribution in [0.25, 0.3) is 0 Å². The molecule has 1 saturated carbocycles. The number of anilines is 5. The summed E-state index contributed by atoms with van der Waals surface area (Å²) in [5.41, 5.74) is 2.40. The van der Waals surface area contributed by atoms with Crippen LogP contribution in [0.3, 0.4) is 0 Å². The molecule has 4 aliphatic rings. The van der Waals surface area contributed by atoms with Crippen molar-refractivity contribution < 1.29 is 23.1 Å². The third-order valence-corrected chi connectivity index (χ3v) is 9.67. The number of nitrogens with zero attached hydrogens (tertiary/aromatic N) is 7. The molecule has 14 heteroatoms. The van der Waals surface area contributed by atoms with Crippen LogP contribution in [0, 0.1) is 11.6 Å². The van der Waals surface area contributed by atoms with Crippen LogP contribution in [0.2, 0.25) is 0 Å². The summed E-state index contributed by atoms with van der Waals surface area (Å²) in [6, 6.07) is 7.98. The molecule has 1 atom stereocenters. The molecule has 0 bridgehead atoms. The summed E-state index contributed by atoms with van der Waals surface area (Å²) in [7, 11) is 1.58. The molecule has 48 heavy (non-hydrogen) atoms. The lowest BCUT2D eigenvalue weighted by Gasteiger charge is -2.43. The Morgan fingerprint density at radius 1 is 0.917 bits per heavy atom. The number of rotatable bonds is 10. The SMILES string of the molecule is C=CC(=O)Nc1cc(Nc2ncnc(N3OCC[C@@H]3c3cc(F)cc(F)c3)n2)c(OC)cc1N1CCC(N2CCN(C3CC3)CC2)CC1. The molecule has 1 amide bonds. The number of hydroxylamine groups is 1. The monoisotopic (exact) mass is 661 g/mol. The minimum absolute atomic E-state index is 0.173. The first kappa shape index (κ1) is 32.2. The number of hydrogen-bond donors (Lipinski definition) is 2. The van der Waals surface area contributed by atoms with Gasteiger partial charge in [0.05, 0.1) is 36.8 Å². The van der Waals surface area contributed by atoms with Crippen molar-refractivity contribution >= 4 is 34.9 Å². The molecule has 1 aliphatic carbocycles. The van der Waals surface area contributed by atoms with Crippen molar-refractivity contribution in [1.29, 1.82) is 0 Å². The molecule has 254 valence electrons. The van der Waals surface area contributed by atoms with Crippen molar-refractivity contribution in [2.24, 2.45) is 0 Å². The van der Waals surface area contributed by atoms with Gasteiger partial charge in [-0.15, -0.1) is 0 Å². The summed E-state index contributed by atoms with van der Waals surface area (Å²) in [5, 5.41) is 7.60. The number of carbonyl (C=O) groups excluding carboxylic acids is 1. The van der Waals surface area contributed by atoms with E-state index in [1.54, 1.807) is 13.2 Å². The molecule has 4 fully saturated rings. The normalized spacial score (nSPS) is 20.9. The topological polar surface area (TPSA) is 111 Å². The summed E-state index contributed by atoms with van der Waals surface area (Å²) in [5.74, 6) is -0.772. The van der Waals surface area contributed by atoms with Crippen LogP contribution >= 0.6 is 0 Å². The third kappa shape index (κ3) is 7.05. The van der Waals surface area contributed by atoms with Gasteiger partial charge in [0, 0.05) is 69.9 Å². The molecule has 7 rings (SSSR count). The van der Waals surface area contributed by atoms with E-state index < -0.39 is 17.7 Å². The second kappa shape index (κ2) is 14.0. The van der Waals surface area contributed by atoms with Gasteiger partial charge >= 0.3 is 0 Å². The second-order valence-corrected chi connectivity index (χ2v) is 12.7. The molecule has 3 saturated heterocycles. The lowest BCUT2D eigenvalue weighted by Crippen LogP contribution is -2.53. The van der Waals surface area contributed by atoms with E-state index in [4.69, 9.17) is 9.57 Å². The molecule has 0 radical (unpaired) electrons. The van der Waals surface area contributed by atoms with Gasteiger partial charge in [-0.25, -0.2) is 18.8 Å². The van der Waals surface area contributed by atoms with Crippen LogP contribution in [-0.4, -0.2) is 95.7 Å². The van der Waals surface area contributed by atoms with Gasteiger partial charge in [-0.2, -0.15) is 9.97 Å². The van der Waals surface area contributed by atoms with E-state index in [0.29, 0.717) is 41.8 Å². The van der Waals surface area contributed by atoms with Crippen LogP contribution in [0.5, 0.6) is 5.75 Å². The number of carbonyl (C=O) groups is 1. The van der Waals surface area contributed by atoms with E-state index >= 15 is 0 Å². The van der Waals surface area contributed by atoms with E-state index in [1.807, 2.05) is 6.07 Å². The summed E-state index contributed by atoms with van der Waals surface area (Å²) in [6.07, 6.45) is 7.84. The molecule has 1 aromatic heterocycles. The lowest BCUT2D eigenvalue weighted by atomic mass is 10.0. The largest absolute Gasteiger partial charge is 0.494 e. The average molecular weight is 662 g/mol. The van der Waals surface area contributed by atoms with Gasteiger partial charge in [0.15, 0.2) is 0 Å². The lowest BCUT2D eigenvalue weighted by molar-refractivity contribution is -0.111. The Balaban J connectivity index is 1.08. The van der Waals surface area contributed by atoms with E-state index in [2.05, 4.69) is 46.9 Å². The van der Waals surface area contributed by atoms with Crippen molar-refractivity contribution in [3.8, 4) is 5.75 Å². The van der Waals surface area contributed by atoms with Crippen LogP contribution < -0.4 is 25.3 Å². The van der Waals surface area contributed by atoms with E-state index in [9.17, 15) is 13.6 Å². The van der Waals surface area contributed by atoms with Crippen molar-refractivity contribution in [3.05, 3.63) is 66.5 Å². The predicted molar refractivity (Wildman–Crippen MR) is 178 cm³/mol. The summed E-state index contributed by atoms with van der Waals surface area (Å²) >= 11 is 0. The number of aromatic nitrogens is 3. The first-order chi connectivity index (χ1) is 23.4. The Bertz CT molecular complexity index is 1620. The predicted octanol–water partition coefficient (Wildman–Crippen LogP) is 4.66. The van der Waals surface area contributed by atoms with E-state index in [-0.39, 0.29) is 17.8 Å². The van der Waals surface area contributed by atoms with Gasteiger partial charge in [-0.05, 0) is 55.5 Å². The highest BCUT2D eigenvalue weighted by molar-refractivity contribution is 6.02. The minimum Gasteiger partial charge on any atom is -0.494 e. The first-order valence-corrected chi connectivity index (χ1v) is 16.6. The smallest absolute Gasteiger partial charge is 0.255 e. The van der Waals surface area contributed by atoms with Gasteiger partial charge in [0.2, 0.25) is 11.9 Å². The van der Waals surface area contributed by atoms with Gasteiger partial charge in [-0.1, -0.05) is 6.58 Å². The van der Waals surface area contributed by atoms with Crippen LogP contribution in [-0.2, 0) is 9.63 Å². The highest BCUT2D eigenvalue weighted by Gasteiger charge is 2.34. The number of piperazine rings is 1. The summed E-state index contributed by atoms with van der Waals surface area (Å²) in [4.78, 5) is 39.0. The molecular formula is C34H41F2N9O3. The maximum absolute atomic E-state index is 14.0. The van der Waals surface area contributed by atoms with Crippen molar-refractivity contribution in [2.75, 3.05) is 73.6 Å². The molecule has 0 unspecified atom stereocenters. The van der Waals surface area contributed by atoms with Gasteiger partial charge in [0.1, 0.15) is 23.7 Å². The minimum atomic E-state index is -0.670. The fourth-order valence-corrected chi connectivity index (χ4v) is 7.07. The van der Waals surface area contributed by atoms with Crippen molar-refractivity contribution in [3.63, 3.8) is 0 Å². The number of hydrogen-bond acceptors (Lipinski definition) is 11. The fraction of sp³-hybridized carbons (Fsp3) is 0.471. The average Bonchev–Trinajstić information content (AvgIpc) is 3.83. The summed E-state index contributed by atoms with van der Waals surface area (Å²) < 4.78 is 33.8. The standard InChI is InChI=1S/C34H41F2N9O3/c1-3-32(46)39-27-19-28(40-33-37-21-38-34(41-33)45-29(8-15-48-45)22-16-23(35)18-24(36)17-22)31(47-2)20-30(27)44-9-6-26(7-10-44)43-13-11-42(12-14-43)25-4-5-25/h3,16-21,25-26,29H,1,4-15H2,2H3,(H,39,46)(H,37,38,40,41)/t29-/m1/s1. The maximum atomic E-state index is 14.0. The Labute approximate surface area is 278 Å². The zero-order valence-corrected chi connectivity index (χ0v) is 27.1. The Kier molecular flexibility index (Phi) is 9.37. The van der Waals surface area contributed by atoms with Gasteiger partial charge in [-0.3, -0.25) is 19.4 Å². The highest BCUT2D eigenvalue weighted by atomic mass is 19.1. The number of ether oxygens (including phenoxy) is 1. The number of halogens is 2. The third-order valence-electron chi connectivity index (χ3n) is 9.67. The molecule has 3 aromatic rings. The number of benzene rings is 2. The Morgan fingerprint density at radius 2 is 1.60 bits per heavy atom. The molecule has 12 nitrogen and oxygen atoms in total. The van der Waals surface area contributed by atoms with Crippen molar-refractivity contribution in [1.82, 2.24) is 24.8 Å². The van der Waals surface area contributed by atoms with Crippen molar-refractivity contribution in [2.45, 2.75) is 50.2 Å². The molecule has 3 aliphatic heterocycles. The molecule has 2 N–H and O–H groups in total. The zero-order valence-electron chi connectivity index (χ0n) is 27.1. The van der Waals surface area contributed by atoms with Crippen LogP contribution in [0.1, 0.15) is 43.7 Å². The quantitative estimate of drug-likeness (QED) is 0.296. The number of methoxy groups -OCH3 is 1. The van der Waals surface area contributed by atoms with Crippen LogP contribution in [0.4, 0.5) is 37.7 Å². The van der Waals surface area contributed by atoms with Crippen LogP contribution in [0.15, 0.2) is 49.3 Å². The number of amides is 1. The summed E-state index contributed by atoms with van der Waals surface area (Å²) in [6.45, 7) is 10.2. The fourth-order valence-electron chi connectivity index (χ4n) is 7.07. The molecule has 0 spiro atoms. The first-order valence-electron chi connectivity index (χ1n) is 16.6. The molecule has 2 aromatic carbocycles. The second-order valence-electron chi connectivity index (χ2n) is 12.7. The highest BCUT2D eigenvalue weighted by Crippen LogP contribution is 2.40. The van der Waals surface area contributed by atoms with E-state index in [1.165, 1.54) is 42.4 Å². The zero-order chi connectivity index (χ0) is 33.2. The maximum Gasteiger partial charge on any atom is 0.255 e. The Hall–Kier alpha value is -4.40. The number of nitrogens with one attached hydrogen (secondary N) is 2. The van der Waals surface area contributed by atoms with E-state index in [0.717, 1.165) is 69.9 Å². The molecular weight excluding hydrogens is 620 g/mol. The van der Waals surface area contributed by atoms with Gasteiger partial charge in [0.25, 0.3) is 5.95 Å². The van der Waals surface area contributed by atoms with Gasteiger partial charge < -0.3 is 20.3 Å².